The van der Waals surface area contributed by atoms with Crippen molar-refractivity contribution in [1.29, 1.82) is 0 Å². The van der Waals surface area contributed by atoms with E-state index in [2.05, 4.69) is 4.98 Å². The van der Waals surface area contributed by atoms with Gasteiger partial charge in [0, 0.05) is 16.6 Å². The minimum absolute atomic E-state index is 0.0184. The summed E-state index contributed by atoms with van der Waals surface area (Å²) in [6.45, 7) is 3.75. The molecule has 0 fully saturated rings. The number of carbonyl (C=O) groups excluding carboxylic acids is 1. The van der Waals surface area contributed by atoms with Gasteiger partial charge in [-0.1, -0.05) is 6.07 Å². The molecule has 5 nitrogen and oxygen atoms in total. The van der Waals surface area contributed by atoms with E-state index >= 15 is 0 Å². The lowest BCUT2D eigenvalue weighted by molar-refractivity contribution is 0.0473. The van der Waals surface area contributed by atoms with Crippen LogP contribution in [0.3, 0.4) is 0 Å². The molecule has 112 valence electrons. The Labute approximate surface area is 130 Å². The van der Waals surface area contributed by atoms with E-state index in [0.717, 1.165) is 10.6 Å². The standard InChI is InChI=1S/C16H14N2O3S/c1-10-4-3-5-14-17-12(8-15(19)18(10)14)9-21-16(20)13-7-6-11(2)22-13/h3-8H,9H2,1-2H3. The van der Waals surface area contributed by atoms with Crippen molar-refractivity contribution in [2.24, 2.45) is 0 Å². The molecule has 22 heavy (non-hydrogen) atoms. The number of esters is 1. The average Bonchev–Trinajstić information content (AvgIpc) is 2.91. The largest absolute Gasteiger partial charge is 0.455 e. The molecule has 0 aromatic carbocycles. The van der Waals surface area contributed by atoms with Crippen LogP contribution in [0, 0.1) is 13.8 Å². The van der Waals surface area contributed by atoms with E-state index in [4.69, 9.17) is 4.74 Å². The van der Waals surface area contributed by atoms with Crippen LogP contribution in [0.5, 0.6) is 0 Å². The molecule has 0 unspecified atom stereocenters. The molecular weight excluding hydrogens is 300 g/mol. The number of rotatable bonds is 3. The summed E-state index contributed by atoms with van der Waals surface area (Å²) in [5.74, 6) is -0.399. The van der Waals surface area contributed by atoms with E-state index in [1.165, 1.54) is 21.8 Å². The monoisotopic (exact) mass is 314 g/mol. The van der Waals surface area contributed by atoms with Crippen LogP contribution >= 0.6 is 11.3 Å². The molecule has 0 amide bonds. The fraction of sp³-hybridized carbons (Fsp3) is 0.188. The van der Waals surface area contributed by atoms with Crippen molar-refractivity contribution < 1.29 is 9.53 Å². The van der Waals surface area contributed by atoms with E-state index in [9.17, 15) is 9.59 Å². The van der Waals surface area contributed by atoms with Crippen molar-refractivity contribution in [3.8, 4) is 0 Å². The highest BCUT2D eigenvalue weighted by atomic mass is 32.1. The normalized spacial score (nSPS) is 10.8. The molecular formula is C16H14N2O3S. The number of hydrogen-bond donors (Lipinski definition) is 0. The number of aryl methyl sites for hydroxylation is 2. The number of pyridine rings is 1. The summed E-state index contributed by atoms with van der Waals surface area (Å²) in [6, 6.07) is 10.4. The molecule has 0 bridgehead atoms. The lowest BCUT2D eigenvalue weighted by atomic mass is 10.3. The van der Waals surface area contributed by atoms with Crippen molar-refractivity contribution in [3.05, 3.63) is 67.9 Å². The van der Waals surface area contributed by atoms with Crippen molar-refractivity contribution >= 4 is 23.0 Å². The van der Waals surface area contributed by atoms with Crippen molar-refractivity contribution in [2.75, 3.05) is 0 Å². The minimum Gasteiger partial charge on any atom is -0.455 e. The van der Waals surface area contributed by atoms with E-state index in [1.807, 2.05) is 32.0 Å². The molecule has 0 saturated heterocycles. The number of nitrogens with zero attached hydrogens (tertiary/aromatic N) is 2. The highest BCUT2D eigenvalue weighted by Gasteiger charge is 2.11. The molecule has 0 atom stereocenters. The SMILES string of the molecule is Cc1ccc(C(=O)OCc2cc(=O)n3c(C)cccc3n2)s1. The van der Waals surface area contributed by atoms with Gasteiger partial charge in [-0.3, -0.25) is 9.20 Å². The van der Waals surface area contributed by atoms with Crippen LogP contribution in [0.1, 0.15) is 25.9 Å². The predicted octanol–water partition coefficient (Wildman–Crippen LogP) is 2.73. The Kier molecular flexibility index (Phi) is 3.77. The lowest BCUT2D eigenvalue weighted by Gasteiger charge is -2.07. The molecule has 0 spiro atoms. The van der Waals surface area contributed by atoms with Crippen molar-refractivity contribution in [1.82, 2.24) is 9.38 Å². The van der Waals surface area contributed by atoms with E-state index in [-0.39, 0.29) is 12.2 Å². The second-order valence-corrected chi connectivity index (χ2v) is 6.22. The number of carbonyl (C=O) groups is 1. The zero-order chi connectivity index (χ0) is 15.7. The van der Waals surface area contributed by atoms with E-state index < -0.39 is 5.97 Å². The van der Waals surface area contributed by atoms with Crippen LogP contribution in [0.2, 0.25) is 0 Å². The van der Waals surface area contributed by atoms with Crippen LogP contribution in [-0.2, 0) is 11.3 Å². The quantitative estimate of drug-likeness (QED) is 0.697. The molecule has 3 aromatic heterocycles. The molecule has 0 N–H and O–H groups in total. The van der Waals surface area contributed by atoms with Gasteiger partial charge >= 0.3 is 5.97 Å². The van der Waals surface area contributed by atoms with Gasteiger partial charge in [-0.25, -0.2) is 9.78 Å². The maximum atomic E-state index is 12.1. The van der Waals surface area contributed by atoms with Crippen LogP contribution in [-0.4, -0.2) is 15.4 Å². The Hall–Kier alpha value is -2.47. The summed E-state index contributed by atoms with van der Waals surface area (Å²) in [6.07, 6.45) is 0. The smallest absolute Gasteiger partial charge is 0.348 e. The fourth-order valence-electron chi connectivity index (χ4n) is 2.19. The molecule has 6 heteroatoms. The zero-order valence-corrected chi connectivity index (χ0v) is 13.0. The summed E-state index contributed by atoms with van der Waals surface area (Å²) in [4.78, 5) is 30.0. The van der Waals surface area contributed by atoms with Gasteiger partial charge in [-0.05, 0) is 38.1 Å². The van der Waals surface area contributed by atoms with Gasteiger partial charge in [0.1, 0.15) is 17.1 Å². The molecule has 0 aliphatic carbocycles. The summed E-state index contributed by atoms with van der Waals surface area (Å²) < 4.78 is 6.74. The third-order valence-corrected chi connectivity index (χ3v) is 4.21. The molecule has 0 aliphatic heterocycles. The van der Waals surface area contributed by atoms with Crippen LogP contribution in [0.25, 0.3) is 5.65 Å². The van der Waals surface area contributed by atoms with Gasteiger partial charge in [-0.2, -0.15) is 0 Å². The number of aromatic nitrogens is 2. The molecule has 3 heterocycles. The molecule has 3 rings (SSSR count). The second kappa shape index (κ2) is 5.73. The first-order chi connectivity index (χ1) is 10.5. The first-order valence-electron chi connectivity index (χ1n) is 6.76. The van der Waals surface area contributed by atoms with Crippen LogP contribution in [0.4, 0.5) is 0 Å². The van der Waals surface area contributed by atoms with Gasteiger partial charge in [0.15, 0.2) is 0 Å². The highest BCUT2D eigenvalue weighted by molar-refractivity contribution is 7.13. The van der Waals surface area contributed by atoms with Crippen LogP contribution < -0.4 is 5.56 Å². The average molecular weight is 314 g/mol. The van der Waals surface area contributed by atoms with E-state index in [1.54, 1.807) is 12.1 Å². The maximum Gasteiger partial charge on any atom is 0.348 e. The summed E-state index contributed by atoms with van der Waals surface area (Å²) in [7, 11) is 0. The van der Waals surface area contributed by atoms with Crippen molar-refractivity contribution in [3.63, 3.8) is 0 Å². The van der Waals surface area contributed by atoms with E-state index in [0.29, 0.717) is 16.2 Å². The van der Waals surface area contributed by atoms with Crippen molar-refractivity contribution in [2.45, 2.75) is 20.5 Å². The molecule has 0 saturated carbocycles. The number of hydrogen-bond acceptors (Lipinski definition) is 5. The number of fused-ring (bicyclic) bond motifs is 1. The van der Waals surface area contributed by atoms with Crippen LogP contribution in [0.15, 0.2) is 41.2 Å². The highest BCUT2D eigenvalue weighted by Crippen LogP contribution is 2.16. The topological polar surface area (TPSA) is 60.7 Å². The third kappa shape index (κ3) is 2.78. The first kappa shape index (κ1) is 14.5. The zero-order valence-electron chi connectivity index (χ0n) is 12.2. The van der Waals surface area contributed by atoms with Gasteiger partial charge in [-0.15, -0.1) is 11.3 Å². The van der Waals surface area contributed by atoms with Gasteiger partial charge in [0.25, 0.3) is 5.56 Å². The van der Waals surface area contributed by atoms with Gasteiger partial charge < -0.3 is 4.74 Å². The van der Waals surface area contributed by atoms with Gasteiger partial charge in [0.2, 0.25) is 0 Å². The van der Waals surface area contributed by atoms with Gasteiger partial charge in [0.05, 0.1) is 5.69 Å². The number of thiophene rings is 1. The Balaban J connectivity index is 1.83. The Morgan fingerprint density at radius 1 is 1.27 bits per heavy atom. The second-order valence-electron chi connectivity index (χ2n) is 4.93. The summed E-state index contributed by atoms with van der Waals surface area (Å²) in [5, 5.41) is 0. The minimum atomic E-state index is -0.399. The first-order valence-corrected chi connectivity index (χ1v) is 7.58. The summed E-state index contributed by atoms with van der Waals surface area (Å²) in [5.41, 5.74) is 1.62. The maximum absolute atomic E-state index is 12.1. The third-order valence-electron chi connectivity index (χ3n) is 3.23. The fourth-order valence-corrected chi connectivity index (χ4v) is 2.95. The molecule has 0 aliphatic rings. The lowest BCUT2D eigenvalue weighted by Crippen LogP contribution is -2.18. The molecule has 3 aromatic rings. The predicted molar refractivity (Wildman–Crippen MR) is 84.4 cm³/mol. The Morgan fingerprint density at radius 3 is 2.82 bits per heavy atom. The molecule has 0 radical (unpaired) electrons. The summed E-state index contributed by atoms with van der Waals surface area (Å²) >= 11 is 1.38. The Bertz CT molecular complexity index is 911. The Morgan fingerprint density at radius 2 is 2.09 bits per heavy atom. The number of ether oxygens (including phenoxy) is 1.